The third-order valence-corrected chi connectivity index (χ3v) is 28.5. The van der Waals surface area contributed by atoms with Gasteiger partial charge in [-0.1, -0.05) is 22.5 Å². The third-order valence-electron chi connectivity index (χ3n) is 22.6. The molecule has 0 radical (unpaired) electrons. The molecule has 758 valence electrons. The van der Waals surface area contributed by atoms with Gasteiger partial charge in [-0.2, -0.15) is 52.4 Å². The fraction of sp³-hybridized carbons (Fsp3) is 0.400. The number of aryl methyl sites for hydroxylation is 6. The molecule has 3 saturated heterocycles. The number of halogens is 13. The zero-order chi connectivity index (χ0) is 104. The Morgan fingerprint density at radius 3 is 0.950 bits per heavy atom. The first kappa shape index (κ1) is 123. The number of nitrogens with one attached hydrogen (secondary N) is 3. The van der Waals surface area contributed by atoms with Crippen LogP contribution in [0.2, 0.25) is 0 Å². The van der Waals surface area contributed by atoms with E-state index >= 15 is 0 Å². The van der Waals surface area contributed by atoms with Gasteiger partial charge in [0.25, 0.3) is 24.2 Å². The largest absolute Gasteiger partial charge is 1.00 e. The number of carbonyl (C=O) groups is 9. The molecule has 12 rings (SSSR count). The van der Waals surface area contributed by atoms with E-state index in [4.69, 9.17) is 24.6 Å². The quantitative estimate of drug-likeness (QED) is 0.0144. The van der Waals surface area contributed by atoms with Gasteiger partial charge in [0.1, 0.15) is 64.8 Å². The zero-order valence-electron chi connectivity index (χ0n) is 79.9. The third kappa shape index (κ3) is 31.9. The molecule has 0 aliphatic carbocycles. The van der Waals surface area contributed by atoms with E-state index < -0.39 is 123 Å². The summed E-state index contributed by atoms with van der Waals surface area (Å²) in [4.78, 5) is 125. The number of amidine groups is 3. The van der Waals surface area contributed by atoms with Crippen LogP contribution in [-0.4, -0.2) is 222 Å². The number of aliphatic hydroxyl groups excluding tert-OH is 2. The van der Waals surface area contributed by atoms with E-state index in [9.17, 15) is 121 Å². The van der Waals surface area contributed by atoms with Crippen molar-refractivity contribution in [3.63, 3.8) is 0 Å². The number of hydrogen-bond acceptors (Lipinski definition) is 24. The Balaban J connectivity index is 0.000000400. The Bertz CT molecular complexity index is 6150. The van der Waals surface area contributed by atoms with Gasteiger partial charge in [-0.3, -0.25) is 58.1 Å². The standard InChI is InChI=1S/C30H32F4N4O6S.C28H30F4N4O5S.C16H15F4N3O3S.C14H18BrNO3.CH2O3.CH4O.2K.H/c1-18-15-23(38(20(3)39)12-13-44-21(4)40)16-19(2)24(18)7-14-45(42,43)37-10-8-29(9-11-37)28(41)35-27(36-29)22-5-6-26(31)25(17-22)30(32,33)34;1-17-14-21(36(11-12-37)19(3)38)15-18(2)22(17)6-13-42(40,41)35-9-7-27(8-10-35)26(39)33-25(34-27)20-4-5-24(29)23(16-20)28(30,31)32;1-2-27(25,26)23-7-5-15(6-8-23)14(24)21-13(22-15)10-3-4-12(17)11(9-10)16(18,19)20;1-9-7-13(8-10(2)14(9)15)16(11(3)17)5-6-19-12(4)18;2-1-4-3;1-2;;;/h5-7,14-17H,8-13H2,1-4H3,(H,35,36,41);4-6,13-16,37H,7-12H2,1-3H3,(H,33,34,39);2-4,9H,1,5-8H2,(H,21,22,24);7-8H,5-6H2,1-4H3;1,3H;2H,1H3;;;/q;;;;;;2*+1;-1/p-1/b14-7+;13-6+;;;;;;;. The number of aliphatic hydroxyl groups is 2. The predicted octanol–water partition coefficient (Wildman–Crippen LogP) is 4.78. The van der Waals surface area contributed by atoms with Crippen molar-refractivity contribution in [1.29, 1.82) is 0 Å². The number of piperidine rings is 3. The Morgan fingerprint density at radius 1 is 0.475 bits per heavy atom. The molecule has 6 aliphatic rings. The fourth-order valence-corrected chi connectivity index (χ4v) is 18.9. The number of anilines is 3. The van der Waals surface area contributed by atoms with Gasteiger partial charge in [0.2, 0.25) is 47.8 Å². The van der Waals surface area contributed by atoms with Crippen LogP contribution >= 0.6 is 15.9 Å². The number of aliphatic imine (C=N–C) groups is 3. The Hall–Kier alpha value is -8.70. The topological polar surface area (TPSA) is 440 Å². The summed E-state index contributed by atoms with van der Waals surface area (Å²) in [7, 11) is -10.5. The Morgan fingerprint density at radius 2 is 0.723 bits per heavy atom. The maximum Gasteiger partial charge on any atom is 1.00 e. The molecular formula is C90H101BrF12K2N12O21S3. The van der Waals surface area contributed by atoms with Crippen LogP contribution in [0.15, 0.2) is 133 Å². The summed E-state index contributed by atoms with van der Waals surface area (Å²) in [6, 6.07) is 17.8. The minimum absolute atomic E-state index is 0. The SMILES string of the molecule is C=CS(=O)(=O)N1CCC2(CC1)N=C(c1ccc(F)c(C(F)(F)F)c1)NC2=O.CC(=O)N(CCO)c1cc(C)c(/C=C/S(=O)(=O)N2CCC3(CC2)N=C(c2ccc(F)c(C(F)(F)F)c2)NC3=O)c(C)c1.CC(=O)OCCN(C(C)=O)c1cc(C)c(/C=C/S(=O)(=O)N2CCC3(CC2)N=C(c2ccc(F)c(C(F)(F)F)c2)NC3=O)c(C)c1.CC(=O)OCCN(C(C)=O)c1cc(C)c(Br)c(C)c1.CO.O=CO[O-].[H-].[K+].[K+]. The average molecular weight is 2170 g/mol. The number of ether oxygens (including phenoxy) is 2. The van der Waals surface area contributed by atoms with Crippen LogP contribution < -0.4 is 139 Å². The van der Waals surface area contributed by atoms with E-state index in [1.807, 2.05) is 26.0 Å². The van der Waals surface area contributed by atoms with Crippen molar-refractivity contribution >= 4 is 147 Å². The number of amides is 6. The molecule has 6 aromatic rings. The number of rotatable bonds is 23. The molecule has 5 N–H and O–H groups in total. The van der Waals surface area contributed by atoms with Gasteiger partial charge >= 0.3 is 133 Å². The van der Waals surface area contributed by atoms with Gasteiger partial charge in [-0.05, 0) is 228 Å². The summed E-state index contributed by atoms with van der Waals surface area (Å²) in [6.07, 6.45) is -11.7. The molecule has 0 aromatic heterocycles. The monoisotopic (exact) mass is 2170 g/mol. The number of hydrogen-bond donors (Lipinski definition) is 5. The minimum Gasteiger partial charge on any atom is -1.00 e. The number of esters is 2. The van der Waals surface area contributed by atoms with Gasteiger partial charge in [0.05, 0.1) is 36.4 Å². The maximum absolute atomic E-state index is 13.7. The second kappa shape index (κ2) is 51.9. The van der Waals surface area contributed by atoms with Crippen molar-refractivity contribution in [2.45, 2.75) is 150 Å². The summed E-state index contributed by atoms with van der Waals surface area (Å²) in [5.74, 6) is -7.70. The van der Waals surface area contributed by atoms with Crippen LogP contribution in [-0.2, 0) is 106 Å². The van der Waals surface area contributed by atoms with Crippen LogP contribution in [0.25, 0.3) is 12.2 Å². The van der Waals surface area contributed by atoms with Crippen LogP contribution in [0.5, 0.6) is 0 Å². The van der Waals surface area contributed by atoms with Gasteiger partial charge < -0.3 is 61.9 Å². The van der Waals surface area contributed by atoms with Crippen molar-refractivity contribution in [2.24, 2.45) is 15.0 Å². The first-order chi connectivity index (χ1) is 64.7. The summed E-state index contributed by atoms with van der Waals surface area (Å²) in [5.41, 5.74) is -0.473. The summed E-state index contributed by atoms with van der Waals surface area (Å²) in [6.45, 7) is 21.4. The zero-order valence-corrected chi connectivity index (χ0v) is 89.2. The first-order valence-electron chi connectivity index (χ1n) is 42.0. The number of carbonyl (C=O) groups excluding carboxylic acids is 9. The van der Waals surface area contributed by atoms with E-state index in [1.165, 1.54) is 65.2 Å². The van der Waals surface area contributed by atoms with Crippen molar-refractivity contribution in [3.8, 4) is 0 Å². The number of benzene rings is 6. The molecule has 0 bridgehead atoms. The molecule has 51 heteroatoms. The van der Waals surface area contributed by atoms with Crippen molar-refractivity contribution in [2.75, 3.05) is 101 Å². The van der Waals surface area contributed by atoms with E-state index in [2.05, 4.69) is 58.3 Å². The molecule has 6 heterocycles. The van der Waals surface area contributed by atoms with E-state index in [0.29, 0.717) is 76.6 Å². The van der Waals surface area contributed by atoms with Crippen molar-refractivity contribution < 1.29 is 255 Å². The van der Waals surface area contributed by atoms with E-state index in [0.717, 1.165) is 78.3 Å². The molecule has 3 fully saturated rings. The first-order valence-corrected chi connectivity index (χ1v) is 47.3. The molecule has 6 aliphatic heterocycles. The molecule has 33 nitrogen and oxygen atoms in total. The van der Waals surface area contributed by atoms with Crippen LogP contribution in [0.3, 0.4) is 0 Å². The molecule has 6 aromatic carbocycles. The molecule has 0 unspecified atom stereocenters. The Kier molecular flexibility index (Phi) is 45.2. The molecule has 3 spiro atoms. The molecule has 141 heavy (non-hydrogen) atoms. The second-order valence-electron chi connectivity index (χ2n) is 32.0. The van der Waals surface area contributed by atoms with Crippen molar-refractivity contribution in [3.05, 3.63) is 214 Å². The van der Waals surface area contributed by atoms with Gasteiger partial charge in [-0.25, -0.2) is 38.4 Å². The van der Waals surface area contributed by atoms with Crippen LogP contribution in [0.4, 0.5) is 69.7 Å². The molecule has 0 atom stereocenters. The average Bonchev–Trinajstić information content (AvgIpc) is 1.62. The number of nitrogens with zero attached hydrogens (tertiary/aromatic N) is 9. The van der Waals surface area contributed by atoms with E-state index in [-0.39, 0.29) is 279 Å². The summed E-state index contributed by atoms with van der Waals surface area (Å²) in [5, 5.41) is 35.0. The number of sulfonamides is 3. The minimum atomic E-state index is -4.94. The van der Waals surface area contributed by atoms with E-state index in [1.54, 1.807) is 56.9 Å². The van der Waals surface area contributed by atoms with Crippen molar-refractivity contribution in [1.82, 2.24) is 28.9 Å². The van der Waals surface area contributed by atoms with Gasteiger partial charge in [0.15, 0.2) is 0 Å². The summed E-state index contributed by atoms with van der Waals surface area (Å²) < 4.78 is 249. The summed E-state index contributed by atoms with van der Waals surface area (Å²) >= 11 is 3.50. The van der Waals surface area contributed by atoms with Crippen LogP contribution in [0.1, 0.15) is 152 Å². The van der Waals surface area contributed by atoms with Crippen LogP contribution in [0, 0.1) is 59.0 Å². The van der Waals surface area contributed by atoms with Gasteiger partial charge in [0, 0.05) is 142 Å². The molecule has 6 amide bonds. The number of alkyl halides is 9. The smallest absolute Gasteiger partial charge is 1.00 e. The fourth-order valence-electron chi connectivity index (χ4n) is 15.4. The molecular weight excluding hydrogens is 2070 g/mol. The maximum atomic E-state index is 13.7. The predicted molar refractivity (Wildman–Crippen MR) is 490 cm³/mol. The second-order valence-corrected chi connectivity index (χ2v) is 38.3. The van der Waals surface area contributed by atoms with Gasteiger partial charge in [-0.15, -0.1) is 0 Å². The normalized spacial score (nSPS) is 16.1. The Labute approximate surface area is 900 Å². The molecule has 0 saturated carbocycles.